The number of hydrogen-bond donors (Lipinski definition) is 2. The summed E-state index contributed by atoms with van der Waals surface area (Å²) in [7, 11) is 0. The fourth-order valence-electron chi connectivity index (χ4n) is 1.74. The van der Waals surface area contributed by atoms with Crippen molar-refractivity contribution in [1.29, 1.82) is 0 Å². The number of rotatable bonds is 8. The average molecular weight is 265 g/mol. The van der Waals surface area contributed by atoms with Gasteiger partial charge in [0.25, 0.3) is 0 Å². The van der Waals surface area contributed by atoms with Crippen LogP contribution >= 0.6 is 0 Å². The monoisotopic (exact) mass is 265 g/mol. The van der Waals surface area contributed by atoms with Gasteiger partial charge in [-0.2, -0.15) is 0 Å². The average Bonchev–Trinajstić information content (AvgIpc) is 2.43. The summed E-state index contributed by atoms with van der Waals surface area (Å²) in [4.78, 5) is 10.8. The first kappa shape index (κ1) is 15.5. The molecule has 0 aliphatic carbocycles. The predicted octanol–water partition coefficient (Wildman–Crippen LogP) is 2.93. The van der Waals surface area contributed by atoms with E-state index in [1.165, 1.54) is 0 Å². The van der Waals surface area contributed by atoms with E-state index in [9.17, 15) is 4.79 Å². The lowest BCUT2D eigenvalue weighted by atomic mass is 9.96. The van der Waals surface area contributed by atoms with E-state index in [0.717, 1.165) is 19.4 Å². The molecule has 0 aliphatic heterocycles. The molecule has 0 saturated heterocycles. The summed E-state index contributed by atoms with van der Waals surface area (Å²) in [6.45, 7) is 7.79. The van der Waals surface area contributed by atoms with E-state index in [0.29, 0.717) is 12.4 Å². The quantitative estimate of drug-likeness (QED) is 0.710. The Morgan fingerprint density at radius 3 is 2.63 bits per heavy atom. The first-order valence-electron chi connectivity index (χ1n) is 6.72. The van der Waals surface area contributed by atoms with Gasteiger partial charge < -0.3 is 15.2 Å². The van der Waals surface area contributed by atoms with Crippen LogP contribution in [0.4, 0.5) is 0 Å². The number of aromatic carboxylic acids is 1. The molecule has 4 nitrogen and oxygen atoms in total. The molecule has 0 radical (unpaired) electrons. The summed E-state index contributed by atoms with van der Waals surface area (Å²) in [5, 5.41) is 12.3. The largest absolute Gasteiger partial charge is 0.492 e. The van der Waals surface area contributed by atoms with Gasteiger partial charge in [0.15, 0.2) is 0 Å². The summed E-state index contributed by atoms with van der Waals surface area (Å²) in [5.41, 5.74) is 0.393. The third-order valence-electron chi connectivity index (χ3n) is 3.56. The van der Waals surface area contributed by atoms with Crippen molar-refractivity contribution in [3.05, 3.63) is 29.8 Å². The third kappa shape index (κ3) is 4.91. The van der Waals surface area contributed by atoms with Crippen molar-refractivity contribution in [2.24, 2.45) is 0 Å². The van der Waals surface area contributed by atoms with Crippen LogP contribution in [0, 0.1) is 0 Å². The third-order valence-corrected chi connectivity index (χ3v) is 3.56. The Morgan fingerprint density at radius 2 is 2.05 bits per heavy atom. The zero-order valence-electron chi connectivity index (χ0n) is 11.9. The molecule has 106 valence electrons. The number of hydrogen-bond acceptors (Lipinski definition) is 3. The topological polar surface area (TPSA) is 58.6 Å². The van der Waals surface area contributed by atoms with E-state index in [4.69, 9.17) is 9.84 Å². The van der Waals surface area contributed by atoms with Gasteiger partial charge in [0, 0.05) is 12.1 Å². The van der Waals surface area contributed by atoms with Gasteiger partial charge in [0.1, 0.15) is 12.4 Å². The molecule has 0 atom stereocenters. The molecule has 1 aromatic rings. The summed E-state index contributed by atoms with van der Waals surface area (Å²) in [6.07, 6.45) is 2.13. The Balaban J connectivity index is 2.41. The first-order chi connectivity index (χ1) is 9.00. The SMILES string of the molecule is CCC(C)(CC)NCCOc1cccc(C(=O)O)c1. The van der Waals surface area contributed by atoms with Crippen LogP contribution in [0.3, 0.4) is 0 Å². The van der Waals surface area contributed by atoms with Crippen LogP contribution < -0.4 is 10.1 Å². The van der Waals surface area contributed by atoms with Gasteiger partial charge in [-0.1, -0.05) is 19.9 Å². The number of carboxylic acid groups (broad SMARTS) is 1. The van der Waals surface area contributed by atoms with Crippen LogP contribution in [0.5, 0.6) is 5.75 Å². The zero-order chi connectivity index (χ0) is 14.3. The normalized spacial score (nSPS) is 11.3. The maximum absolute atomic E-state index is 10.8. The molecular weight excluding hydrogens is 242 g/mol. The van der Waals surface area contributed by atoms with Crippen molar-refractivity contribution >= 4 is 5.97 Å². The molecule has 19 heavy (non-hydrogen) atoms. The lowest BCUT2D eigenvalue weighted by Crippen LogP contribution is -2.43. The minimum absolute atomic E-state index is 0.145. The lowest BCUT2D eigenvalue weighted by Gasteiger charge is -2.28. The molecule has 0 saturated carbocycles. The van der Waals surface area contributed by atoms with Gasteiger partial charge in [-0.25, -0.2) is 4.79 Å². The maximum Gasteiger partial charge on any atom is 0.335 e. The second-order valence-corrected chi connectivity index (χ2v) is 4.88. The molecule has 1 rings (SSSR count). The van der Waals surface area contributed by atoms with Crippen molar-refractivity contribution in [2.45, 2.75) is 39.2 Å². The first-order valence-corrected chi connectivity index (χ1v) is 6.72. The maximum atomic E-state index is 10.8. The highest BCUT2D eigenvalue weighted by Gasteiger charge is 2.17. The van der Waals surface area contributed by atoms with Crippen LogP contribution in [-0.4, -0.2) is 29.8 Å². The molecule has 2 N–H and O–H groups in total. The highest BCUT2D eigenvalue weighted by atomic mass is 16.5. The van der Waals surface area contributed by atoms with E-state index in [1.54, 1.807) is 24.3 Å². The number of carbonyl (C=O) groups is 1. The molecule has 0 aromatic heterocycles. The number of carboxylic acids is 1. The van der Waals surface area contributed by atoms with Gasteiger partial charge in [-0.15, -0.1) is 0 Å². The molecule has 4 heteroatoms. The standard InChI is InChI=1S/C15H23NO3/c1-4-15(3,5-2)16-9-10-19-13-8-6-7-12(11-13)14(17)18/h6-8,11,16H,4-5,9-10H2,1-3H3,(H,17,18). The van der Waals surface area contributed by atoms with Crippen molar-refractivity contribution < 1.29 is 14.6 Å². The number of benzene rings is 1. The van der Waals surface area contributed by atoms with Gasteiger partial charge in [-0.05, 0) is 38.0 Å². The number of nitrogens with one attached hydrogen (secondary N) is 1. The van der Waals surface area contributed by atoms with Crippen LogP contribution in [0.1, 0.15) is 44.0 Å². The molecule has 0 amide bonds. The predicted molar refractivity (Wildman–Crippen MR) is 75.9 cm³/mol. The van der Waals surface area contributed by atoms with Gasteiger partial charge in [-0.3, -0.25) is 0 Å². The lowest BCUT2D eigenvalue weighted by molar-refractivity contribution is 0.0696. The van der Waals surface area contributed by atoms with Gasteiger partial charge in [0.2, 0.25) is 0 Å². The van der Waals surface area contributed by atoms with Gasteiger partial charge >= 0.3 is 5.97 Å². The Hall–Kier alpha value is -1.55. The number of ether oxygens (including phenoxy) is 1. The fraction of sp³-hybridized carbons (Fsp3) is 0.533. The molecule has 0 unspecified atom stereocenters. The van der Waals surface area contributed by atoms with E-state index >= 15 is 0 Å². The summed E-state index contributed by atoms with van der Waals surface area (Å²) in [6, 6.07) is 6.56. The van der Waals surface area contributed by atoms with Crippen molar-refractivity contribution in [3.8, 4) is 5.75 Å². The second-order valence-electron chi connectivity index (χ2n) is 4.88. The van der Waals surface area contributed by atoms with Crippen LogP contribution in [-0.2, 0) is 0 Å². The fourth-order valence-corrected chi connectivity index (χ4v) is 1.74. The summed E-state index contributed by atoms with van der Waals surface area (Å²) >= 11 is 0. The van der Waals surface area contributed by atoms with Crippen molar-refractivity contribution in [1.82, 2.24) is 5.32 Å². The second kappa shape index (κ2) is 7.14. The van der Waals surface area contributed by atoms with Crippen molar-refractivity contribution in [3.63, 3.8) is 0 Å². The van der Waals surface area contributed by atoms with Crippen LogP contribution in [0.25, 0.3) is 0 Å². The van der Waals surface area contributed by atoms with E-state index in [-0.39, 0.29) is 11.1 Å². The Labute approximate surface area is 114 Å². The molecule has 1 aromatic carbocycles. The molecule has 0 bridgehead atoms. The van der Waals surface area contributed by atoms with Gasteiger partial charge in [0.05, 0.1) is 5.56 Å². The Morgan fingerprint density at radius 1 is 1.37 bits per heavy atom. The molecule has 0 heterocycles. The van der Waals surface area contributed by atoms with E-state index < -0.39 is 5.97 Å². The molecule has 0 spiro atoms. The van der Waals surface area contributed by atoms with E-state index in [2.05, 4.69) is 26.1 Å². The highest BCUT2D eigenvalue weighted by Crippen LogP contribution is 2.14. The van der Waals surface area contributed by atoms with E-state index in [1.807, 2.05) is 0 Å². The summed E-state index contributed by atoms with van der Waals surface area (Å²) in [5.74, 6) is -0.343. The van der Waals surface area contributed by atoms with Crippen molar-refractivity contribution in [2.75, 3.05) is 13.2 Å². The van der Waals surface area contributed by atoms with Crippen LogP contribution in [0.2, 0.25) is 0 Å². The smallest absolute Gasteiger partial charge is 0.335 e. The zero-order valence-corrected chi connectivity index (χ0v) is 11.9. The Kier molecular flexibility index (Phi) is 5.83. The molecule has 0 fully saturated rings. The molecule has 0 aliphatic rings. The molecular formula is C15H23NO3. The summed E-state index contributed by atoms with van der Waals surface area (Å²) < 4.78 is 5.56. The minimum atomic E-state index is -0.937. The van der Waals surface area contributed by atoms with Crippen LogP contribution in [0.15, 0.2) is 24.3 Å². The minimum Gasteiger partial charge on any atom is -0.492 e. The highest BCUT2D eigenvalue weighted by molar-refractivity contribution is 5.87. The Bertz CT molecular complexity index is 414.